The van der Waals surface area contributed by atoms with E-state index in [9.17, 15) is 9.59 Å². The minimum Gasteiger partial charge on any atom is -0.462 e. The van der Waals surface area contributed by atoms with Gasteiger partial charge in [0.1, 0.15) is 5.00 Å². The lowest BCUT2D eigenvalue weighted by molar-refractivity contribution is -0.115. The van der Waals surface area contributed by atoms with Crippen molar-refractivity contribution in [3.8, 4) is 0 Å². The third kappa shape index (κ3) is 5.06. The van der Waals surface area contributed by atoms with Crippen LogP contribution in [0.1, 0.15) is 45.9 Å². The van der Waals surface area contributed by atoms with Crippen molar-refractivity contribution in [3.63, 3.8) is 0 Å². The number of thiocarbonyl (C=S) groups is 1. The van der Waals surface area contributed by atoms with Crippen LogP contribution in [0.15, 0.2) is 23.6 Å². The molecule has 0 unspecified atom stereocenters. The summed E-state index contributed by atoms with van der Waals surface area (Å²) in [7, 11) is 0. The molecule has 2 heterocycles. The summed E-state index contributed by atoms with van der Waals surface area (Å²) in [6, 6.07) is 3.85. The van der Waals surface area contributed by atoms with Gasteiger partial charge < -0.3 is 10.1 Å². The van der Waals surface area contributed by atoms with E-state index in [1.54, 1.807) is 24.3 Å². The molecule has 0 saturated carbocycles. The second-order valence-corrected chi connectivity index (χ2v) is 9.06. The third-order valence-electron chi connectivity index (χ3n) is 4.40. The van der Waals surface area contributed by atoms with Crippen molar-refractivity contribution in [1.29, 1.82) is 0 Å². The van der Waals surface area contributed by atoms with Crippen LogP contribution in [0.5, 0.6) is 0 Å². The molecule has 0 aliphatic heterocycles. The molecular weight excluding hydrogens is 412 g/mol. The van der Waals surface area contributed by atoms with E-state index in [1.165, 1.54) is 22.3 Å². The van der Waals surface area contributed by atoms with Crippen LogP contribution in [0.3, 0.4) is 0 Å². The molecule has 0 spiro atoms. The lowest BCUT2D eigenvalue weighted by atomic mass is 9.88. The number of thiophene rings is 2. The lowest BCUT2D eigenvalue weighted by Gasteiger charge is -2.18. The summed E-state index contributed by atoms with van der Waals surface area (Å²) in [5.41, 5.74) is 1.61. The highest BCUT2D eigenvalue weighted by Crippen LogP contribution is 2.40. The molecule has 28 heavy (non-hydrogen) atoms. The van der Waals surface area contributed by atoms with Crippen molar-refractivity contribution in [2.75, 3.05) is 11.9 Å². The molecule has 0 fully saturated rings. The molecule has 1 atom stereocenters. The maximum atomic E-state index is 12.5. The highest BCUT2D eigenvalue weighted by atomic mass is 32.1. The van der Waals surface area contributed by atoms with E-state index < -0.39 is 0 Å². The molecule has 5 nitrogen and oxygen atoms in total. The second-order valence-electron chi connectivity index (χ2n) is 6.57. The van der Waals surface area contributed by atoms with Gasteiger partial charge in [0.05, 0.1) is 12.2 Å². The molecule has 2 aromatic heterocycles. The average molecular weight is 435 g/mol. The first-order chi connectivity index (χ1) is 13.5. The van der Waals surface area contributed by atoms with Crippen molar-refractivity contribution in [2.24, 2.45) is 5.92 Å². The maximum Gasteiger partial charge on any atom is 0.341 e. The van der Waals surface area contributed by atoms with Gasteiger partial charge in [0.15, 0.2) is 5.11 Å². The van der Waals surface area contributed by atoms with Crippen molar-refractivity contribution >= 4 is 63.0 Å². The van der Waals surface area contributed by atoms with Crippen LogP contribution in [-0.4, -0.2) is 23.6 Å². The van der Waals surface area contributed by atoms with Gasteiger partial charge in [0, 0.05) is 15.8 Å². The number of anilines is 1. The number of ether oxygens (including phenoxy) is 1. The Hall–Kier alpha value is -2.03. The fourth-order valence-corrected chi connectivity index (χ4v) is 5.38. The zero-order valence-electron chi connectivity index (χ0n) is 15.7. The molecule has 3 rings (SSSR count). The first kappa shape index (κ1) is 20.7. The normalized spacial score (nSPS) is 15.9. The van der Waals surface area contributed by atoms with Gasteiger partial charge in [-0.2, -0.15) is 0 Å². The third-order valence-corrected chi connectivity index (χ3v) is 6.61. The van der Waals surface area contributed by atoms with Crippen LogP contribution < -0.4 is 10.6 Å². The van der Waals surface area contributed by atoms with Gasteiger partial charge in [-0.05, 0) is 67.4 Å². The van der Waals surface area contributed by atoms with Crippen molar-refractivity contribution in [1.82, 2.24) is 5.32 Å². The van der Waals surface area contributed by atoms with Crippen LogP contribution in [-0.2, 0) is 22.4 Å². The average Bonchev–Trinajstić information content (AvgIpc) is 3.26. The Morgan fingerprint density at radius 1 is 1.43 bits per heavy atom. The molecular formula is C20H22N2O3S3. The number of fused-ring (bicyclic) bond motifs is 1. The Labute approximate surface area is 177 Å². The summed E-state index contributed by atoms with van der Waals surface area (Å²) < 4.78 is 5.25. The Bertz CT molecular complexity index is 900. The molecule has 1 aliphatic rings. The summed E-state index contributed by atoms with van der Waals surface area (Å²) in [6.45, 7) is 4.31. The van der Waals surface area contributed by atoms with E-state index in [2.05, 4.69) is 17.6 Å². The van der Waals surface area contributed by atoms with E-state index >= 15 is 0 Å². The summed E-state index contributed by atoms with van der Waals surface area (Å²) in [5.74, 6) is -0.0783. The molecule has 0 aromatic carbocycles. The number of hydrogen-bond acceptors (Lipinski definition) is 6. The van der Waals surface area contributed by atoms with E-state index in [1.807, 2.05) is 17.5 Å². The van der Waals surface area contributed by atoms with E-state index in [-0.39, 0.29) is 17.0 Å². The Kier molecular flexibility index (Phi) is 6.98. The van der Waals surface area contributed by atoms with E-state index in [4.69, 9.17) is 17.0 Å². The van der Waals surface area contributed by atoms with E-state index in [0.29, 0.717) is 23.1 Å². The topological polar surface area (TPSA) is 67.4 Å². The summed E-state index contributed by atoms with van der Waals surface area (Å²) >= 11 is 8.35. The summed E-state index contributed by atoms with van der Waals surface area (Å²) in [6.07, 6.45) is 6.01. The molecule has 0 radical (unpaired) electrons. The smallest absolute Gasteiger partial charge is 0.341 e. The van der Waals surface area contributed by atoms with Gasteiger partial charge in [-0.25, -0.2) is 4.79 Å². The van der Waals surface area contributed by atoms with Crippen LogP contribution >= 0.6 is 34.9 Å². The lowest BCUT2D eigenvalue weighted by Crippen LogP contribution is -2.33. The van der Waals surface area contributed by atoms with Gasteiger partial charge in [0.25, 0.3) is 0 Å². The van der Waals surface area contributed by atoms with Gasteiger partial charge in [-0.15, -0.1) is 22.7 Å². The molecule has 0 bridgehead atoms. The van der Waals surface area contributed by atoms with Crippen molar-refractivity contribution in [3.05, 3.63) is 44.5 Å². The molecule has 2 aromatic rings. The molecule has 1 aliphatic carbocycles. The fourth-order valence-electron chi connectivity index (χ4n) is 3.09. The number of nitrogens with one attached hydrogen (secondary N) is 2. The number of rotatable bonds is 5. The molecule has 0 saturated heterocycles. The van der Waals surface area contributed by atoms with Gasteiger partial charge in [0.2, 0.25) is 5.91 Å². The van der Waals surface area contributed by atoms with Crippen LogP contribution in [0, 0.1) is 5.92 Å². The van der Waals surface area contributed by atoms with Gasteiger partial charge in [-0.3, -0.25) is 10.1 Å². The minimum absolute atomic E-state index is 0.165. The van der Waals surface area contributed by atoms with Crippen LogP contribution in [0.25, 0.3) is 6.08 Å². The highest BCUT2D eigenvalue weighted by molar-refractivity contribution is 7.80. The Morgan fingerprint density at radius 3 is 2.96 bits per heavy atom. The largest absolute Gasteiger partial charge is 0.462 e. The predicted octanol–water partition coefficient (Wildman–Crippen LogP) is 4.64. The number of amides is 1. The highest BCUT2D eigenvalue weighted by Gasteiger charge is 2.28. The molecule has 148 valence electrons. The molecule has 1 amide bonds. The molecule has 8 heteroatoms. The van der Waals surface area contributed by atoms with Crippen molar-refractivity contribution in [2.45, 2.75) is 33.1 Å². The zero-order valence-corrected chi connectivity index (χ0v) is 18.2. The SMILES string of the molecule is CCOC(=O)c1c(NC(=S)NC(=O)/C=C/c2cccs2)sc2c1CC[C@H](C)C2. The standard InChI is InChI=1S/C20H22N2O3S3/c1-3-25-19(24)17-14-8-6-12(2)11-15(14)28-18(17)22-20(26)21-16(23)9-7-13-5-4-10-27-13/h4-5,7,9-10,12H,3,6,8,11H2,1-2H3,(H2,21,22,23,26)/b9-7+/t12-/m0/s1. The number of hydrogen-bond donors (Lipinski definition) is 2. The summed E-state index contributed by atoms with van der Waals surface area (Å²) in [5, 5.41) is 8.42. The zero-order chi connectivity index (χ0) is 20.1. The number of esters is 1. The maximum absolute atomic E-state index is 12.5. The number of carbonyl (C=O) groups excluding carboxylic acids is 2. The molecule has 2 N–H and O–H groups in total. The Balaban J connectivity index is 1.72. The minimum atomic E-state index is -0.344. The van der Waals surface area contributed by atoms with Crippen LogP contribution in [0.4, 0.5) is 5.00 Å². The second kappa shape index (κ2) is 9.45. The Morgan fingerprint density at radius 2 is 2.25 bits per heavy atom. The predicted molar refractivity (Wildman–Crippen MR) is 119 cm³/mol. The van der Waals surface area contributed by atoms with Crippen LogP contribution in [0.2, 0.25) is 0 Å². The van der Waals surface area contributed by atoms with E-state index in [0.717, 1.165) is 29.7 Å². The monoisotopic (exact) mass is 434 g/mol. The fraction of sp³-hybridized carbons (Fsp3) is 0.350. The quantitative estimate of drug-likeness (QED) is 0.408. The first-order valence-corrected chi connectivity index (χ1v) is 11.2. The van der Waals surface area contributed by atoms with Gasteiger partial charge >= 0.3 is 5.97 Å². The first-order valence-electron chi connectivity index (χ1n) is 9.13. The van der Waals surface area contributed by atoms with Crippen molar-refractivity contribution < 1.29 is 14.3 Å². The van der Waals surface area contributed by atoms with Gasteiger partial charge in [-0.1, -0.05) is 13.0 Å². The summed E-state index contributed by atoms with van der Waals surface area (Å²) in [4.78, 5) is 26.8. The number of carbonyl (C=O) groups is 2.